The van der Waals surface area contributed by atoms with Gasteiger partial charge in [0.15, 0.2) is 0 Å². The van der Waals surface area contributed by atoms with Gasteiger partial charge in [-0.25, -0.2) is 14.6 Å². The number of ether oxygens (including phenoxy) is 2. The molecule has 57 heavy (non-hydrogen) atoms. The number of aromatic nitrogens is 2. The quantitative estimate of drug-likeness (QED) is 0.173. The standard InChI is InChI=1S/C44H55N7O6/c1-26(2)37(48-42(54)56-8)41(53)51-22-10-12-36(51)39-46-25-34(47-39)31-19-17-29(18-20-31)28-13-15-30(16-14-28)32-23-33(45-24-32)35-11-9-21-50(35)40(52)38(27(3)4)49-43(55)57-44(5,6)7/h9,11,13-20,24-27,35-38H,10,12,21-23H2,1-8H3,(H,46,47)(H,48,54)(H,49,55)/t35-,36-,37-,38-/m0/s1. The van der Waals surface area contributed by atoms with Crippen LogP contribution in [0.15, 0.2) is 78.1 Å². The second-order valence-corrected chi connectivity index (χ2v) is 16.6. The number of methoxy groups -OCH3 is 1. The summed E-state index contributed by atoms with van der Waals surface area (Å²) in [6.45, 7) is 14.0. The van der Waals surface area contributed by atoms with Gasteiger partial charge in [0.1, 0.15) is 23.5 Å². The van der Waals surface area contributed by atoms with Crippen molar-refractivity contribution in [3.8, 4) is 22.4 Å². The zero-order chi connectivity index (χ0) is 41.0. The summed E-state index contributed by atoms with van der Waals surface area (Å²) in [5, 5.41) is 5.49. The number of alkyl carbamates (subject to hydrolysis) is 2. The fourth-order valence-corrected chi connectivity index (χ4v) is 7.53. The van der Waals surface area contributed by atoms with E-state index in [1.807, 2.05) is 50.9 Å². The third-order valence-electron chi connectivity index (χ3n) is 10.6. The summed E-state index contributed by atoms with van der Waals surface area (Å²) in [5.41, 5.74) is 6.33. The molecule has 1 saturated heterocycles. The second-order valence-electron chi connectivity index (χ2n) is 16.6. The molecule has 13 nitrogen and oxygen atoms in total. The Morgan fingerprint density at radius 2 is 1.40 bits per heavy atom. The Morgan fingerprint density at radius 1 is 0.825 bits per heavy atom. The van der Waals surface area contributed by atoms with Crippen LogP contribution in [-0.4, -0.2) is 93.4 Å². The molecule has 13 heteroatoms. The number of hydrogen-bond donors (Lipinski definition) is 3. The fraction of sp³-hybridized carbons (Fsp3) is 0.455. The van der Waals surface area contributed by atoms with Crippen LogP contribution in [-0.2, 0) is 19.1 Å². The van der Waals surface area contributed by atoms with Crippen LogP contribution in [0.3, 0.4) is 0 Å². The first-order valence-corrected chi connectivity index (χ1v) is 19.8. The van der Waals surface area contributed by atoms with E-state index in [1.165, 1.54) is 7.11 Å². The number of carbonyl (C=O) groups excluding carboxylic acids is 4. The summed E-state index contributed by atoms with van der Waals surface area (Å²) in [5.74, 6) is 0.185. The van der Waals surface area contributed by atoms with Crippen LogP contribution < -0.4 is 10.6 Å². The highest BCUT2D eigenvalue weighted by atomic mass is 16.6. The van der Waals surface area contributed by atoms with Crippen molar-refractivity contribution in [1.29, 1.82) is 0 Å². The zero-order valence-corrected chi connectivity index (χ0v) is 34.2. The predicted molar refractivity (Wildman–Crippen MR) is 220 cm³/mol. The lowest BCUT2D eigenvalue weighted by molar-refractivity contribution is -0.135. The van der Waals surface area contributed by atoms with Gasteiger partial charge in [0.05, 0.1) is 31.1 Å². The molecular formula is C44H55N7O6. The van der Waals surface area contributed by atoms with Gasteiger partial charge < -0.3 is 34.9 Å². The predicted octanol–water partition coefficient (Wildman–Crippen LogP) is 7.29. The number of rotatable bonds is 11. The molecule has 1 fully saturated rings. The van der Waals surface area contributed by atoms with Gasteiger partial charge >= 0.3 is 12.2 Å². The van der Waals surface area contributed by atoms with Gasteiger partial charge in [0, 0.05) is 31.4 Å². The van der Waals surface area contributed by atoms with E-state index in [4.69, 9.17) is 14.5 Å². The van der Waals surface area contributed by atoms with Crippen LogP contribution in [0, 0.1) is 11.8 Å². The lowest BCUT2D eigenvalue weighted by atomic mass is 9.96. The van der Waals surface area contributed by atoms with E-state index in [0.29, 0.717) is 19.5 Å². The normalized spacial score (nSPS) is 19.1. The van der Waals surface area contributed by atoms with E-state index in [2.05, 4.69) is 69.1 Å². The first-order valence-electron chi connectivity index (χ1n) is 19.8. The molecule has 0 saturated carbocycles. The minimum Gasteiger partial charge on any atom is -0.453 e. The molecule has 302 valence electrons. The molecule has 1 aromatic heterocycles. The van der Waals surface area contributed by atoms with E-state index >= 15 is 0 Å². The van der Waals surface area contributed by atoms with Crippen LogP contribution in [0.1, 0.15) is 85.2 Å². The number of aromatic amines is 1. The molecule has 4 atom stereocenters. The molecule has 3 aliphatic rings. The number of allylic oxidation sites excluding steroid dienone is 1. The molecule has 6 rings (SSSR count). The van der Waals surface area contributed by atoms with Crippen LogP contribution in [0.25, 0.3) is 28.0 Å². The molecule has 3 aliphatic heterocycles. The van der Waals surface area contributed by atoms with Crippen molar-refractivity contribution >= 4 is 35.3 Å². The van der Waals surface area contributed by atoms with E-state index in [1.54, 1.807) is 31.9 Å². The van der Waals surface area contributed by atoms with Gasteiger partial charge in [-0.3, -0.25) is 14.6 Å². The number of likely N-dealkylation sites (tertiary alicyclic amines) is 1. The number of benzene rings is 2. The Kier molecular flexibility index (Phi) is 12.3. The van der Waals surface area contributed by atoms with Crippen molar-refractivity contribution in [1.82, 2.24) is 30.4 Å². The van der Waals surface area contributed by atoms with Crippen LogP contribution in [0.5, 0.6) is 0 Å². The molecular weight excluding hydrogens is 723 g/mol. The zero-order valence-electron chi connectivity index (χ0n) is 34.2. The van der Waals surface area contributed by atoms with Crippen molar-refractivity contribution in [2.45, 2.75) is 97.5 Å². The molecule has 4 heterocycles. The fourth-order valence-electron chi connectivity index (χ4n) is 7.53. The van der Waals surface area contributed by atoms with Gasteiger partial charge in [-0.05, 0) is 73.3 Å². The van der Waals surface area contributed by atoms with Crippen molar-refractivity contribution in [2.75, 3.05) is 20.2 Å². The lowest BCUT2D eigenvalue weighted by Crippen LogP contribution is -2.54. The number of amides is 4. The maximum Gasteiger partial charge on any atom is 0.408 e. The van der Waals surface area contributed by atoms with Crippen molar-refractivity contribution in [2.24, 2.45) is 16.8 Å². The van der Waals surface area contributed by atoms with E-state index < -0.39 is 29.9 Å². The largest absolute Gasteiger partial charge is 0.453 e. The van der Waals surface area contributed by atoms with Gasteiger partial charge in [-0.2, -0.15) is 0 Å². The molecule has 2 aromatic carbocycles. The third kappa shape index (κ3) is 9.46. The van der Waals surface area contributed by atoms with Gasteiger partial charge in [-0.15, -0.1) is 0 Å². The van der Waals surface area contributed by atoms with Crippen LogP contribution in [0.4, 0.5) is 9.59 Å². The molecule has 0 spiro atoms. The first-order chi connectivity index (χ1) is 27.1. The summed E-state index contributed by atoms with van der Waals surface area (Å²) in [6, 6.07) is 14.8. The van der Waals surface area contributed by atoms with E-state index in [-0.39, 0.29) is 35.7 Å². The number of H-pyrrole nitrogens is 1. The highest BCUT2D eigenvalue weighted by Crippen LogP contribution is 2.34. The summed E-state index contributed by atoms with van der Waals surface area (Å²) in [4.78, 5) is 68.3. The smallest absolute Gasteiger partial charge is 0.408 e. The number of carbonyl (C=O) groups is 4. The van der Waals surface area contributed by atoms with E-state index in [9.17, 15) is 19.2 Å². The van der Waals surface area contributed by atoms with Crippen LogP contribution >= 0.6 is 0 Å². The molecule has 3 aromatic rings. The van der Waals surface area contributed by atoms with Crippen molar-refractivity contribution in [3.63, 3.8) is 0 Å². The number of nitrogens with one attached hydrogen (secondary N) is 3. The first kappa shape index (κ1) is 40.9. The van der Waals surface area contributed by atoms with Crippen molar-refractivity contribution < 1.29 is 28.7 Å². The SMILES string of the molecule is COC(=O)N[C@H](C(=O)N1CCC[C@H]1c1ncc(-c2ccc(-c3ccc(C4=CN=C([C@@H]5C=CCN5C(=O)[C@@H](NC(=O)OC(C)(C)C)C(C)C)C4)cc3)cc2)[nH]1)C(C)C. The second kappa shape index (κ2) is 17.2. The maximum atomic E-state index is 13.8. The molecule has 0 unspecified atom stereocenters. The summed E-state index contributed by atoms with van der Waals surface area (Å²) in [7, 11) is 1.29. The topological polar surface area (TPSA) is 158 Å². The monoisotopic (exact) mass is 777 g/mol. The van der Waals surface area contributed by atoms with Crippen molar-refractivity contribution in [3.05, 3.63) is 84.5 Å². The highest BCUT2D eigenvalue weighted by Gasteiger charge is 2.39. The number of hydrogen-bond acceptors (Lipinski definition) is 8. The molecule has 3 N–H and O–H groups in total. The maximum absolute atomic E-state index is 13.8. The third-order valence-corrected chi connectivity index (χ3v) is 10.6. The average Bonchev–Trinajstić information content (AvgIpc) is 4.01. The Bertz CT molecular complexity index is 2040. The molecule has 0 aliphatic carbocycles. The minimum absolute atomic E-state index is 0.105. The minimum atomic E-state index is -0.725. The van der Waals surface area contributed by atoms with Gasteiger partial charge in [0.25, 0.3) is 0 Å². The summed E-state index contributed by atoms with van der Waals surface area (Å²) >= 11 is 0. The van der Waals surface area contributed by atoms with Gasteiger partial charge in [-0.1, -0.05) is 88.4 Å². The average molecular weight is 778 g/mol. The Labute approximate surface area is 335 Å². The lowest BCUT2D eigenvalue weighted by Gasteiger charge is -2.31. The van der Waals surface area contributed by atoms with Crippen LogP contribution in [0.2, 0.25) is 0 Å². The molecule has 0 bridgehead atoms. The molecule has 0 radical (unpaired) electrons. The number of nitrogens with zero attached hydrogens (tertiary/aromatic N) is 4. The Hall–Kier alpha value is -5.72. The number of imidazole rings is 1. The Balaban J connectivity index is 1.06. The number of aliphatic imine (C=N–C) groups is 1. The van der Waals surface area contributed by atoms with Gasteiger partial charge in [0.2, 0.25) is 11.8 Å². The van der Waals surface area contributed by atoms with E-state index in [0.717, 1.165) is 57.9 Å². The summed E-state index contributed by atoms with van der Waals surface area (Å²) < 4.78 is 10.2. The highest BCUT2D eigenvalue weighted by molar-refractivity contribution is 6.05. The Morgan fingerprint density at radius 3 is 2.00 bits per heavy atom. The molecule has 4 amide bonds. The summed E-state index contributed by atoms with van der Waals surface area (Å²) in [6.07, 6.45) is 8.68.